The minimum absolute atomic E-state index is 0.0765. The second kappa shape index (κ2) is 9.64. The van der Waals surface area contributed by atoms with Crippen molar-refractivity contribution in [2.45, 2.75) is 19.3 Å². The molecule has 0 saturated carbocycles. The first-order valence-corrected chi connectivity index (χ1v) is 12.2. The monoisotopic (exact) mass is 472 g/mol. The number of nitrogens with zero attached hydrogens (tertiary/aromatic N) is 4. The van der Waals surface area contributed by atoms with Gasteiger partial charge in [0.1, 0.15) is 5.58 Å². The third kappa shape index (κ3) is 4.72. The number of anilines is 1. The normalized spacial score (nSPS) is 18.6. The zero-order chi connectivity index (χ0) is 23.6. The van der Waals surface area contributed by atoms with Crippen molar-refractivity contribution in [3.05, 3.63) is 66.1 Å². The molecule has 1 amide bonds. The first-order chi connectivity index (χ1) is 17.2. The molecule has 0 radical (unpaired) electrons. The van der Waals surface area contributed by atoms with Crippen molar-refractivity contribution in [2.75, 3.05) is 44.3 Å². The molecule has 2 aromatic carbocycles. The molecule has 8 nitrogen and oxygen atoms in total. The van der Waals surface area contributed by atoms with Crippen molar-refractivity contribution in [3.8, 4) is 11.6 Å². The second-order valence-corrected chi connectivity index (χ2v) is 9.28. The van der Waals surface area contributed by atoms with Crippen LogP contribution in [0.4, 0.5) is 5.69 Å². The van der Waals surface area contributed by atoms with Crippen LogP contribution in [0.2, 0.25) is 0 Å². The SMILES string of the molecule is O=C(CCc1nc(-c2cc3ccccc3o2)no1)N1CC(CN2CCOCC2)Cc2ccccc21. The number of morpholine rings is 1. The van der Waals surface area contributed by atoms with E-state index < -0.39 is 0 Å². The van der Waals surface area contributed by atoms with Crippen LogP contribution in [0.15, 0.2) is 63.5 Å². The number of hydrogen-bond acceptors (Lipinski definition) is 7. The van der Waals surface area contributed by atoms with Gasteiger partial charge in [0.2, 0.25) is 17.6 Å². The lowest BCUT2D eigenvalue weighted by atomic mass is 9.91. The summed E-state index contributed by atoms with van der Waals surface area (Å²) in [5.74, 6) is 1.87. The van der Waals surface area contributed by atoms with E-state index in [4.69, 9.17) is 13.7 Å². The van der Waals surface area contributed by atoms with E-state index >= 15 is 0 Å². The highest BCUT2D eigenvalue weighted by atomic mass is 16.5. The van der Waals surface area contributed by atoms with Crippen LogP contribution in [0, 0.1) is 5.92 Å². The summed E-state index contributed by atoms with van der Waals surface area (Å²) in [6.45, 7) is 5.18. The zero-order valence-electron chi connectivity index (χ0n) is 19.6. The maximum absolute atomic E-state index is 13.4. The lowest BCUT2D eigenvalue weighted by molar-refractivity contribution is -0.119. The minimum Gasteiger partial charge on any atom is -0.453 e. The van der Waals surface area contributed by atoms with E-state index in [1.165, 1.54) is 5.56 Å². The number of aromatic nitrogens is 2. The summed E-state index contributed by atoms with van der Waals surface area (Å²) in [6.07, 6.45) is 1.68. The number of aryl methyl sites for hydroxylation is 1. The smallest absolute Gasteiger partial charge is 0.238 e. The lowest BCUT2D eigenvalue weighted by Crippen LogP contribution is -2.46. The fourth-order valence-corrected chi connectivity index (χ4v) is 5.08. The summed E-state index contributed by atoms with van der Waals surface area (Å²) in [7, 11) is 0. The Morgan fingerprint density at radius 3 is 2.77 bits per heavy atom. The molecule has 1 atom stereocenters. The van der Waals surface area contributed by atoms with E-state index in [9.17, 15) is 4.79 Å². The van der Waals surface area contributed by atoms with Crippen LogP contribution < -0.4 is 4.90 Å². The molecule has 0 aliphatic carbocycles. The molecule has 2 aliphatic heterocycles. The first-order valence-electron chi connectivity index (χ1n) is 12.2. The van der Waals surface area contributed by atoms with Gasteiger partial charge in [-0.1, -0.05) is 41.6 Å². The molecular formula is C27H28N4O4. The maximum Gasteiger partial charge on any atom is 0.238 e. The largest absolute Gasteiger partial charge is 0.453 e. The Bertz CT molecular complexity index is 1290. The zero-order valence-corrected chi connectivity index (χ0v) is 19.6. The molecule has 4 aromatic rings. The Labute approximate surface area is 203 Å². The number of carbonyl (C=O) groups is 1. The molecule has 0 spiro atoms. The molecule has 1 fully saturated rings. The maximum atomic E-state index is 13.4. The highest BCUT2D eigenvalue weighted by molar-refractivity contribution is 5.94. The van der Waals surface area contributed by atoms with Crippen LogP contribution in [0.5, 0.6) is 0 Å². The van der Waals surface area contributed by atoms with E-state index in [0.717, 1.165) is 62.5 Å². The highest BCUT2D eigenvalue weighted by Crippen LogP contribution is 2.31. The number of carbonyl (C=O) groups excluding carboxylic acids is 1. The molecule has 8 heteroatoms. The van der Waals surface area contributed by atoms with Crippen LogP contribution in [0.1, 0.15) is 17.9 Å². The number of ether oxygens (including phenoxy) is 1. The molecule has 2 aliphatic rings. The van der Waals surface area contributed by atoms with E-state index in [0.29, 0.717) is 36.2 Å². The van der Waals surface area contributed by atoms with Gasteiger partial charge in [-0.3, -0.25) is 9.69 Å². The van der Waals surface area contributed by atoms with Crippen LogP contribution in [-0.2, 0) is 22.4 Å². The average molecular weight is 473 g/mol. The van der Waals surface area contributed by atoms with Gasteiger partial charge < -0.3 is 18.6 Å². The molecule has 1 saturated heterocycles. The van der Waals surface area contributed by atoms with Crippen molar-refractivity contribution >= 4 is 22.6 Å². The molecule has 6 rings (SSSR count). The summed E-state index contributed by atoms with van der Waals surface area (Å²) in [6, 6.07) is 17.9. The Morgan fingerprint density at radius 1 is 1.06 bits per heavy atom. The molecule has 4 heterocycles. The van der Waals surface area contributed by atoms with Crippen molar-refractivity contribution < 1.29 is 18.5 Å². The average Bonchev–Trinajstić information content (AvgIpc) is 3.54. The summed E-state index contributed by atoms with van der Waals surface area (Å²) >= 11 is 0. The topological polar surface area (TPSA) is 84.8 Å². The van der Waals surface area contributed by atoms with E-state index in [2.05, 4.69) is 27.2 Å². The van der Waals surface area contributed by atoms with Crippen molar-refractivity contribution in [2.24, 2.45) is 5.92 Å². The quantitative estimate of drug-likeness (QED) is 0.420. The third-order valence-electron chi connectivity index (χ3n) is 6.82. The summed E-state index contributed by atoms with van der Waals surface area (Å²) < 4.78 is 16.8. The van der Waals surface area contributed by atoms with Crippen molar-refractivity contribution in [1.29, 1.82) is 0 Å². The number of amides is 1. The molecular weight excluding hydrogens is 444 g/mol. The van der Waals surface area contributed by atoms with Gasteiger partial charge in [-0.05, 0) is 36.1 Å². The number of furan rings is 1. The van der Waals surface area contributed by atoms with E-state index in [1.807, 2.05) is 47.4 Å². The van der Waals surface area contributed by atoms with Gasteiger partial charge in [-0.25, -0.2) is 0 Å². The fourth-order valence-electron chi connectivity index (χ4n) is 5.08. The lowest BCUT2D eigenvalue weighted by Gasteiger charge is -2.38. The second-order valence-electron chi connectivity index (χ2n) is 9.28. The van der Waals surface area contributed by atoms with Crippen LogP contribution in [0.25, 0.3) is 22.6 Å². The molecule has 0 N–H and O–H groups in total. The van der Waals surface area contributed by atoms with E-state index in [1.54, 1.807) is 0 Å². The van der Waals surface area contributed by atoms with Crippen LogP contribution in [0.3, 0.4) is 0 Å². The van der Waals surface area contributed by atoms with Crippen molar-refractivity contribution in [1.82, 2.24) is 15.0 Å². The summed E-state index contributed by atoms with van der Waals surface area (Å²) in [5, 5.41) is 5.05. The predicted molar refractivity (Wildman–Crippen MR) is 131 cm³/mol. The molecule has 180 valence electrons. The Balaban J connectivity index is 1.13. The number of hydrogen-bond donors (Lipinski definition) is 0. The minimum atomic E-state index is 0.0765. The Hall–Kier alpha value is -3.49. The Kier molecular flexibility index (Phi) is 6.06. The standard InChI is InChI=1S/C27H28N4O4/c32-26(10-9-25-28-27(29-35-25)24-16-21-6-2-4-8-23(21)34-24)31-18-19(17-30-11-13-33-14-12-30)15-20-5-1-3-7-22(20)31/h1-8,16,19H,9-15,17-18H2. The molecule has 2 aromatic heterocycles. The summed E-state index contributed by atoms with van der Waals surface area (Å²) in [4.78, 5) is 22.2. The van der Waals surface area contributed by atoms with Gasteiger partial charge in [0, 0.05) is 50.1 Å². The van der Waals surface area contributed by atoms with Gasteiger partial charge >= 0.3 is 0 Å². The first kappa shape index (κ1) is 22.0. The summed E-state index contributed by atoms with van der Waals surface area (Å²) in [5.41, 5.74) is 3.03. The van der Waals surface area contributed by atoms with E-state index in [-0.39, 0.29) is 5.91 Å². The molecule has 0 bridgehead atoms. The highest BCUT2D eigenvalue weighted by Gasteiger charge is 2.30. The molecule has 1 unspecified atom stereocenters. The number of fused-ring (bicyclic) bond motifs is 2. The van der Waals surface area contributed by atoms with Gasteiger partial charge in [0.25, 0.3) is 0 Å². The Morgan fingerprint density at radius 2 is 1.89 bits per heavy atom. The third-order valence-corrected chi connectivity index (χ3v) is 6.82. The molecule has 35 heavy (non-hydrogen) atoms. The number of para-hydroxylation sites is 2. The number of rotatable bonds is 6. The fraction of sp³-hybridized carbons (Fsp3) is 0.370. The van der Waals surface area contributed by atoms with Gasteiger partial charge in [-0.2, -0.15) is 4.98 Å². The van der Waals surface area contributed by atoms with Crippen LogP contribution >= 0.6 is 0 Å². The van der Waals surface area contributed by atoms with Crippen molar-refractivity contribution in [3.63, 3.8) is 0 Å². The predicted octanol–water partition coefficient (Wildman–Crippen LogP) is 3.95. The van der Waals surface area contributed by atoms with Crippen LogP contribution in [-0.4, -0.2) is 60.3 Å². The van der Waals surface area contributed by atoms with Gasteiger partial charge in [0.05, 0.1) is 13.2 Å². The van der Waals surface area contributed by atoms with Gasteiger partial charge in [0.15, 0.2) is 5.76 Å². The van der Waals surface area contributed by atoms with Gasteiger partial charge in [-0.15, -0.1) is 0 Å². The number of benzene rings is 2.